The highest BCUT2D eigenvalue weighted by Gasteiger charge is 2.12. The van der Waals surface area contributed by atoms with E-state index in [0.717, 1.165) is 21.3 Å². The van der Waals surface area contributed by atoms with Crippen LogP contribution < -0.4 is 9.47 Å². The molecule has 112 valence electrons. The largest absolute Gasteiger partial charge is 0.496 e. The molecule has 0 aliphatic heterocycles. The van der Waals surface area contributed by atoms with Crippen LogP contribution >= 0.6 is 15.9 Å². The summed E-state index contributed by atoms with van der Waals surface area (Å²) >= 11 is 3.44. The minimum Gasteiger partial charge on any atom is -0.496 e. The molecular weight excluding hydrogens is 334 g/mol. The van der Waals surface area contributed by atoms with Gasteiger partial charge in [0.15, 0.2) is 0 Å². The molecule has 5 heteroatoms. The van der Waals surface area contributed by atoms with Crippen LogP contribution in [0.2, 0.25) is 0 Å². The number of aliphatic hydroxyl groups is 1. The average molecular weight is 352 g/mol. The number of methoxy groups -OCH3 is 2. The molecule has 0 bridgehead atoms. The zero-order valence-electron chi connectivity index (χ0n) is 12.0. The molecule has 2 aromatic rings. The molecule has 0 radical (unpaired) electrons. The van der Waals surface area contributed by atoms with Crippen LogP contribution in [0.15, 0.2) is 41.0 Å². The van der Waals surface area contributed by atoms with Crippen molar-refractivity contribution in [1.29, 1.82) is 0 Å². The van der Waals surface area contributed by atoms with Crippen LogP contribution in [0.3, 0.4) is 0 Å². The van der Waals surface area contributed by atoms with Crippen LogP contribution in [0, 0.1) is 0 Å². The number of hydrogen-bond donors (Lipinski definition) is 1. The molecular formula is C16H18BrNO3. The Bertz CT molecular complexity index is 587. The smallest absolute Gasteiger partial charge is 0.212 e. The van der Waals surface area contributed by atoms with Crippen molar-refractivity contribution in [3.63, 3.8) is 0 Å². The first kappa shape index (κ1) is 15.8. The summed E-state index contributed by atoms with van der Waals surface area (Å²) in [7, 11) is 3.21. The van der Waals surface area contributed by atoms with Crippen molar-refractivity contribution in [2.45, 2.75) is 18.9 Å². The fourth-order valence-electron chi connectivity index (χ4n) is 2.16. The first-order valence-electron chi connectivity index (χ1n) is 6.61. The Morgan fingerprint density at radius 1 is 1.14 bits per heavy atom. The maximum Gasteiger partial charge on any atom is 0.212 e. The van der Waals surface area contributed by atoms with Crippen LogP contribution in [0.4, 0.5) is 0 Å². The van der Waals surface area contributed by atoms with Crippen molar-refractivity contribution in [3.05, 3.63) is 52.1 Å². The Hall–Kier alpha value is -1.59. The Morgan fingerprint density at radius 3 is 2.57 bits per heavy atom. The molecule has 1 aromatic carbocycles. The van der Waals surface area contributed by atoms with Crippen molar-refractivity contribution in [2.75, 3.05) is 14.2 Å². The molecule has 0 fully saturated rings. The van der Waals surface area contributed by atoms with Crippen molar-refractivity contribution in [1.82, 2.24) is 4.98 Å². The van der Waals surface area contributed by atoms with Crippen molar-refractivity contribution in [3.8, 4) is 11.6 Å². The van der Waals surface area contributed by atoms with Crippen molar-refractivity contribution in [2.24, 2.45) is 0 Å². The van der Waals surface area contributed by atoms with E-state index in [0.29, 0.717) is 18.7 Å². The summed E-state index contributed by atoms with van der Waals surface area (Å²) in [6.07, 6.45) is 2.28. The number of nitrogens with zero attached hydrogens (tertiary/aromatic N) is 1. The maximum atomic E-state index is 10.3. The van der Waals surface area contributed by atoms with Gasteiger partial charge in [-0.3, -0.25) is 0 Å². The lowest BCUT2D eigenvalue weighted by Gasteiger charge is -2.14. The molecule has 0 saturated heterocycles. The number of hydrogen-bond acceptors (Lipinski definition) is 4. The molecule has 0 saturated carbocycles. The normalized spacial score (nSPS) is 12.0. The SMILES string of the molecule is COc1ccc(CC(O)Cc2cc(Br)ccc2OC)cn1. The fraction of sp³-hybridized carbons (Fsp3) is 0.312. The zero-order chi connectivity index (χ0) is 15.2. The number of aliphatic hydroxyl groups excluding tert-OH is 1. The lowest BCUT2D eigenvalue weighted by molar-refractivity contribution is 0.174. The van der Waals surface area contributed by atoms with Crippen LogP contribution in [0.1, 0.15) is 11.1 Å². The van der Waals surface area contributed by atoms with Gasteiger partial charge in [0.2, 0.25) is 5.88 Å². The Balaban J connectivity index is 2.03. The van der Waals surface area contributed by atoms with Gasteiger partial charge in [-0.15, -0.1) is 0 Å². The summed E-state index contributed by atoms with van der Waals surface area (Å²) < 4.78 is 11.3. The first-order chi connectivity index (χ1) is 10.1. The second kappa shape index (κ2) is 7.43. The molecule has 2 rings (SSSR count). The van der Waals surface area contributed by atoms with E-state index in [1.807, 2.05) is 24.3 Å². The third-order valence-electron chi connectivity index (χ3n) is 3.18. The maximum absolute atomic E-state index is 10.3. The number of aromatic nitrogens is 1. The van der Waals surface area contributed by atoms with E-state index in [2.05, 4.69) is 20.9 Å². The van der Waals surface area contributed by atoms with Gasteiger partial charge in [0.05, 0.1) is 20.3 Å². The Morgan fingerprint density at radius 2 is 1.95 bits per heavy atom. The number of benzene rings is 1. The van der Waals surface area contributed by atoms with E-state index in [1.165, 1.54) is 0 Å². The van der Waals surface area contributed by atoms with E-state index >= 15 is 0 Å². The van der Waals surface area contributed by atoms with E-state index in [1.54, 1.807) is 26.5 Å². The Labute approximate surface area is 132 Å². The van der Waals surface area contributed by atoms with Gasteiger partial charge in [0, 0.05) is 29.6 Å². The predicted octanol–water partition coefficient (Wildman–Crippen LogP) is 3.01. The lowest BCUT2D eigenvalue weighted by atomic mass is 10.0. The highest BCUT2D eigenvalue weighted by atomic mass is 79.9. The molecule has 1 unspecified atom stereocenters. The van der Waals surface area contributed by atoms with Crippen molar-refractivity contribution >= 4 is 15.9 Å². The van der Waals surface area contributed by atoms with Crippen LogP contribution in [-0.2, 0) is 12.8 Å². The minimum absolute atomic E-state index is 0.497. The van der Waals surface area contributed by atoms with E-state index in [-0.39, 0.29) is 0 Å². The third-order valence-corrected chi connectivity index (χ3v) is 3.67. The zero-order valence-corrected chi connectivity index (χ0v) is 13.6. The highest BCUT2D eigenvalue weighted by molar-refractivity contribution is 9.10. The average Bonchev–Trinajstić information content (AvgIpc) is 2.48. The summed E-state index contributed by atoms with van der Waals surface area (Å²) in [6.45, 7) is 0. The van der Waals surface area contributed by atoms with Gasteiger partial charge in [-0.2, -0.15) is 0 Å². The van der Waals surface area contributed by atoms with Crippen LogP contribution in [0.5, 0.6) is 11.6 Å². The number of rotatable bonds is 6. The standard InChI is InChI=1S/C16H18BrNO3/c1-20-15-5-4-13(17)8-12(15)9-14(19)7-11-3-6-16(21-2)18-10-11/h3-6,8,10,14,19H,7,9H2,1-2H3. The lowest BCUT2D eigenvalue weighted by Crippen LogP contribution is -2.14. The highest BCUT2D eigenvalue weighted by Crippen LogP contribution is 2.24. The van der Waals surface area contributed by atoms with Gasteiger partial charge in [0.25, 0.3) is 0 Å². The van der Waals surface area contributed by atoms with Gasteiger partial charge in [-0.05, 0) is 29.3 Å². The van der Waals surface area contributed by atoms with Crippen molar-refractivity contribution < 1.29 is 14.6 Å². The molecule has 0 aliphatic carbocycles. The summed E-state index contributed by atoms with van der Waals surface area (Å²) in [5.74, 6) is 1.35. The molecule has 1 N–H and O–H groups in total. The van der Waals surface area contributed by atoms with Gasteiger partial charge in [-0.1, -0.05) is 22.0 Å². The summed E-state index contributed by atoms with van der Waals surface area (Å²) in [4.78, 5) is 4.14. The summed E-state index contributed by atoms with van der Waals surface area (Å²) in [5.41, 5.74) is 1.94. The molecule has 21 heavy (non-hydrogen) atoms. The topological polar surface area (TPSA) is 51.6 Å². The third kappa shape index (κ3) is 4.44. The molecule has 1 aromatic heterocycles. The number of ether oxygens (including phenoxy) is 2. The van der Waals surface area contributed by atoms with Gasteiger partial charge in [-0.25, -0.2) is 4.98 Å². The number of pyridine rings is 1. The molecule has 4 nitrogen and oxygen atoms in total. The second-order valence-corrected chi connectivity index (χ2v) is 5.64. The second-order valence-electron chi connectivity index (χ2n) is 4.73. The Kier molecular flexibility index (Phi) is 5.59. The van der Waals surface area contributed by atoms with Gasteiger partial charge in [0.1, 0.15) is 5.75 Å². The van der Waals surface area contributed by atoms with Crippen LogP contribution in [-0.4, -0.2) is 30.4 Å². The molecule has 0 amide bonds. The van der Waals surface area contributed by atoms with Gasteiger partial charge < -0.3 is 14.6 Å². The quantitative estimate of drug-likeness (QED) is 0.868. The van der Waals surface area contributed by atoms with E-state index in [4.69, 9.17) is 9.47 Å². The predicted molar refractivity (Wildman–Crippen MR) is 84.9 cm³/mol. The van der Waals surface area contributed by atoms with Gasteiger partial charge >= 0.3 is 0 Å². The summed E-state index contributed by atoms with van der Waals surface area (Å²) in [5, 5.41) is 10.3. The monoisotopic (exact) mass is 351 g/mol. The summed E-state index contributed by atoms with van der Waals surface area (Å²) in [6, 6.07) is 9.48. The van der Waals surface area contributed by atoms with Crippen LogP contribution in [0.25, 0.3) is 0 Å². The molecule has 1 atom stereocenters. The first-order valence-corrected chi connectivity index (χ1v) is 7.41. The fourth-order valence-corrected chi connectivity index (χ4v) is 2.57. The number of halogens is 1. The van der Waals surface area contributed by atoms with E-state index < -0.39 is 6.10 Å². The minimum atomic E-state index is -0.497. The molecule has 0 spiro atoms. The van der Waals surface area contributed by atoms with E-state index in [9.17, 15) is 5.11 Å². The molecule has 1 heterocycles. The molecule has 0 aliphatic rings.